The molecule has 0 aromatic heterocycles. The van der Waals surface area contributed by atoms with Crippen LogP contribution in [0.1, 0.15) is 12.0 Å². The van der Waals surface area contributed by atoms with Gasteiger partial charge in [-0.05, 0) is 24.0 Å². The van der Waals surface area contributed by atoms with E-state index in [0.29, 0.717) is 5.92 Å². The van der Waals surface area contributed by atoms with Crippen molar-refractivity contribution in [2.75, 3.05) is 13.7 Å². The Bertz CT molecular complexity index is 345. The van der Waals surface area contributed by atoms with Gasteiger partial charge in [0.15, 0.2) is 0 Å². The molecule has 0 aliphatic heterocycles. The first kappa shape index (κ1) is 10.2. The molecule has 1 N–H and O–H groups in total. The van der Waals surface area contributed by atoms with Gasteiger partial charge in [0.05, 0.1) is 13.4 Å². The molecule has 2 nitrogen and oxygen atoms in total. The Morgan fingerprint density at radius 1 is 1.47 bits per heavy atom. The van der Waals surface area contributed by atoms with Crippen molar-refractivity contribution in [2.45, 2.75) is 11.8 Å². The maximum absolute atomic E-state index is 9.23. The average Bonchev–Trinajstić information content (AvgIpc) is 3.03. The van der Waals surface area contributed by atoms with Crippen molar-refractivity contribution in [3.05, 3.63) is 48.2 Å². The summed E-state index contributed by atoms with van der Waals surface area (Å²) in [6.07, 6.45) is 4.78. The highest BCUT2D eigenvalue weighted by molar-refractivity contribution is 5.39. The quantitative estimate of drug-likeness (QED) is 0.761. The predicted molar refractivity (Wildman–Crippen MR) is 59.5 cm³/mol. The summed E-state index contributed by atoms with van der Waals surface area (Å²) < 4.78 is 4.97. The molecule has 2 atom stereocenters. The lowest BCUT2D eigenvalue weighted by atomic mass is 9.93. The van der Waals surface area contributed by atoms with Crippen molar-refractivity contribution in [3.63, 3.8) is 0 Å². The highest BCUT2D eigenvalue weighted by atomic mass is 16.5. The molecule has 1 aromatic rings. The van der Waals surface area contributed by atoms with Gasteiger partial charge in [-0.2, -0.15) is 0 Å². The van der Waals surface area contributed by atoms with E-state index in [4.69, 9.17) is 4.74 Å². The van der Waals surface area contributed by atoms with Crippen LogP contribution in [-0.2, 0) is 10.2 Å². The minimum atomic E-state index is 0.00597. The first-order valence-electron chi connectivity index (χ1n) is 5.20. The fourth-order valence-electron chi connectivity index (χ4n) is 2.17. The van der Waals surface area contributed by atoms with E-state index in [0.717, 1.165) is 6.42 Å². The molecule has 0 spiro atoms. The van der Waals surface area contributed by atoms with Crippen LogP contribution in [0.5, 0.6) is 0 Å². The molecule has 0 saturated heterocycles. The fourth-order valence-corrected chi connectivity index (χ4v) is 2.17. The summed E-state index contributed by atoms with van der Waals surface area (Å²) in [4.78, 5) is 0. The molecule has 2 rings (SSSR count). The number of aliphatic hydroxyl groups is 1. The third-order valence-corrected chi connectivity index (χ3v) is 3.19. The first-order valence-corrected chi connectivity index (χ1v) is 5.20. The van der Waals surface area contributed by atoms with Gasteiger partial charge in [-0.3, -0.25) is 0 Å². The van der Waals surface area contributed by atoms with Crippen LogP contribution in [0.25, 0.3) is 0 Å². The van der Waals surface area contributed by atoms with Gasteiger partial charge in [-0.15, -0.1) is 0 Å². The number of benzene rings is 1. The topological polar surface area (TPSA) is 29.5 Å². The highest BCUT2D eigenvalue weighted by Crippen LogP contribution is 2.55. The van der Waals surface area contributed by atoms with Gasteiger partial charge in [0, 0.05) is 12.0 Å². The summed E-state index contributed by atoms with van der Waals surface area (Å²) in [6, 6.07) is 10.3. The third kappa shape index (κ3) is 1.77. The molecule has 1 aliphatic carbocycles. The van der Waals surface area contributed by atoms with Crippen molar-refractivity contribution in [1.82, 2.24) is 0 Å². The molecule has 0 unspecified atom stereocenters. The van der Waals surface area contributed by atoms with Crippen LogP contribution >= 0.6 is 0 Å². The fraction of sp³-hybridized carbons (Fsp3) is 0.385. The van der Waals surface area contributed by atoms with Crippen LogP contribution in [0.4, 0.5) is 0 Å². The molecule has 80 valence electrons. The summed E-state index contributed by atoms with van der Waals surface area (Å²) in [5.41, 5.74) is 1.27. The molecule has 15 heavy (non-hydrogen) atoms. The third-order valence-electron chi connectivity index (χ3n) is 3.19. The summed E-state index contributed by atoms with van der Waals surface area (Å²) in [6.45, 7) is 0.239. The van der Waals surface area contributed by atoms with Gasteiger partial charge >= 0.3 is 0 Å². The lowest BCUT2D eigenvalue weighted by Gasteiger charge is -2.12. The van der Waals surface area contributed by atoms with Crippen molar-refractivity contribution in [3.8, 4) is 0 Å². The summed E-state index contributed by atoms with van der Waals surface area (Å²) in [5.74, 6) is 0.339. The predicted octanol–water partition coefficient (Wildman–Crippen LogP) is 2.10. The number of aliphatic hydroxyl groups excluding tert-OH is 1. The molecule has 1 aliphatic rings. The van der Waals surface area contributed by atoms with E-state index < -0.39 is 0 Å². The number of hydrogen-bond acceptors (Lipinski definition) is 2. The number of allylic oxidation sites excluding steroid dienone is 1. The number of ether oxygens (including phenoxy) is 1. The van der Waals surface area contributed by atoms with Gasteiger partial charge < -0.3 is 9.84 Å². The van der Waals surface area contributed by atoms with E-state index >= 15 is 0 Å². The summed E-state index contributed by atoms with van der Waals surface area (Å²) >= 11 is 0. The Kier molecular flexibility index (Phi) is 2.78. The smallest absolute Gasteiger partial charge is 0.0793 e. The molecule has 1 aromatic carbocycles. The number of rotatable bonds is 4. The lowest BCUT2D eigenvalue weighted by molar-refractivity contribution is 0.267. The Labute approximate surface area is 90.2 Å². The zero-order chi connectivity index (χ0) is 10.7. The second kappa shape index (κ2) is 4.07. The summed E-state index contributed by atoms with van der Waals surface area (Å²) in [7, 11) is 1.64. The van der Waals surface area contributed by atoms with Crippen molar-refractivity contribution in [2.24, 2.45) is 5.92 Å². The standard InChI is InChI=1S/C13H16O2/c1-15-8-7-13(9-12(13)10-14)11-5-3-2-4-6-11/h2-8,12,14H,9-10H2,1H3/b8-7+/t12-,13-/m0/s1. The van der Waals surface area contributed by atoms with E-state index in [-0.39, 0.29) is 12.0 Å². The van der Waals surface area contributed by atoms with Gasteiger partial charge in [-0.25, -0.2) is 0 Å². The Morgan fingerprint density at radius 3 is 2.73 bits per heavy atom. The van der Waals surface area contributed by atoms with Gasteiger partial charge in [0.1, 0.15) is 0 Å². The molecule has 1 fully saturated rings. The molecule has 2 heteroatoms. The molecule has 0 radical (unpaired) electrons. The van der Waals surface area contributed by atoms with Crippen LogP contribution in [-0.4, -0.2) is 18.8 Å². The van der Waals surface area contributed by atoms with E-state index in [9.17, 15) is 5.11 Å². The maximum Gasteiger partial charge on any atom is 0.0793 e. The van der Waals surface area contributed by atoms with Crippen LogP contribution in [0, 0.1) is 5.92 Å². The zero-order valence-corrected chi connectivity index (χ0v) is 8.89. The average molecular weight is 204 g/mol. The van der Waals surface area contributed by atoms with Gasteiger partial charge in [0.25, 0.3) is 0 Å². The van der Waals surface area contributed by atoms with Crippen LogP contribution in [0.3, 0.4) is 0 Å². The monoisotopic (exact) mass is 204 g/mol. The largest absolute Gasteiger partial charge is 0.505 e. The first-order chi connectivity index (χ1) is 7.33. The Morgan fingerprint density at radius 2 is 2.20 bits per heavy atom. The van der Waals surface area contributed by atoms with Gasteiger partial charge in [0.2, 0.25) is 0 Å². The van der Waals surface area contributed by atoms with Crippen molar-refractivity contribution >= 4 is 0 Å². The second-order valence-corrected chi connectivity index (χ2v) is 4.03. The van der Waals surface area contributed by atoms with E-state index in [1.165, 1.54) is 5.56 Å². The SMILES string of the molecule is CO/C=C/[C@@]1(c2ccccc2)C[C@H]1CO. The summed E-state index contributed by atoms with van der Waals surface area (Å²) in [5, 5.41) is 9.23. The van der Waals surface area contributed by atoms with Crippen molar-refractivity contribution in [1.29, 1.82) is 0 Å². The van der Waals surface area contributed by atoms with Crippen molar-refractivity contribution < 1.29 is 9.84 Å². The zero-order valence-electron chi connectivity index (χ0n) is 8.89. The Balaban J connectivity index is 2.26. The lowest BCUT2D eigenvalue weighted by Crippen LogP contribution is -2.08. The minimum Gasteiger partial charge on any atom is -0.505 e. The normalized spacial score (nSPS) is 29.3. The van der Waals surface area contributed by atoms with Crippen LogP contribution < -0.4 is 0 Å². The molecular formula is C13H16O2. The minimum absolute atomic E-state index is 0.00597. The number of methoxy groups -OCH3 is 1. The molecule has 1 saturated carbocycles. The van der Waals surface area contributed by atoms with Gasteiger partial charge in [-0.1, -0.05) is 30.3 Å². The van der Waals surface area contributed by atoms with E-state index in [1.807, 2.05) is 18.2 Å². The Hall–Kier alpha value is -1.28. The molecular weight excluding hydrogens is 188 g/mol. The van der Waals surface area contributed by atoms with Crippen LogP contribution in [0.15, 0.2) is 42.7 Å². The van der Waals surface area contributed by atoms with E-state index in [1.54, 1.807) is 13.4 Å². The maximum atomic E-state index is 9.23. The van der Waals surface area contributed by atoms with E-state index in [2.05, 4.69) is 18.2 Å². The molecule has 0 amide bonds. The van der Waals surface area contributed by atoms with Crippen LogP contribution in [0.2, 0.25) is 0 Å². The molecule has 0 heterocycles. The molecule has 0 bridgehead atoms. The second-order valence-electron chi connectivity index (χ2n) is 4.03. The highest BCUT2D eigenvalue weighted by Gasteiger charge is 2.52. The number of hydrogen-bond donors (Lipinski definition) is 1.